The molecule has 2 fully saturated rings. The Morgan fingerprint density at radius 3 is 2.60 bits per heavy atom. The number of rotatable bonds is 5. The molecule has 0 amide bonds. The van der Waals surface area contributed by atoms with Gasteiger partial charge in [-0.1, -0.05) is 13.8 Å². The van der Waals surface area contributed by atoms with Crippen LogP contribution in [0.5, 0.6) is 0 Å². The number of thioether (sulfide) groups is 1. The first-order valence-electron chi connectivity index (χ1n) is 8.14. The van der Waals surface area contributed by atoms with Crippen LogP contribution >= 0.6 is 11.8 Å². The first kappa shape index (κ1) is 16.6. The van der Waals surface area contributed by atoms with E-state index in [1.807, 2.05) is 11.8 Å². The van der Waals surface area contributed by atoms with Gasteiger partial charge in [-0.25, -0.2) is 0 Å². The van der Waals surface area contributed by atoms with Gasteiger partial charge in [0.1, 0.15) is 0 Å². The number of nitrogens with zero attached hydrogens (tertiary/aromatic N) is 1. The van der Waals surface area contributed by atoms with E-state index >= 15 is 0 Å². The van der Waals surface area contributed by atoms with Gasteiger partial charge in [-0.3, -0.25) is 0 Å². The van der Waals surface area contributed by atoms with Crippen molar-refractivity contribution < 1.29 is 4.74 Å². The Morgan fingerprint density at radius 1 is 1.40 bits per heavy atom. The van der Waals surface area contributed by atoms with Crippen LogP contribution < -0.4 is 5.73 Å². The second-order valence-corrected chi connectivity index (χ2v) is 7.92. The molecular weight excluding hydrogens is 268 g/mol. The standard InChI is InChI=1S/C16H32N2OS/c1-5-16(6-2,18(3)4)14(17)13-7-9-19-15(11-13)8-10-20-12-15/h13-14H,5-12,17H2,1-4H3. The molecule has 0 aromatic rings. The minimum atomic E-state index is 0.134. The smallest absolute Gasteiger partial charge is 0.0783 e. The van der Waals surface area contributed by atoms with E-state index in [4.69, 9.17) is 10.5 Å². The molecular formula is C16H32N2OS. The third-order valence-electron chi connectivity index (χ3n) is 5.84. The van der Waals surface area contributed by atoms with Gasteiger partial charge in [0.15, 0.2) is 0 Å². The minimum absolute atomic E-state index is 0.134. The van der Waals surface area contributed by atoms with Gasteiger partial charge in [-0.05, 0) is 57.9 Å². The molecule has 3 unspecified atom stereocenters. The average molecular weight is 301 g/mol. The van der Waals surface area contributed by atoms with Crippen molar-refractivity contribution in [1.82, 2.24) is 4.90 Å². The second-order valence-electron chi connectivity index (χ2n) is 6.82. The van der Waals surface area contributed by atoms with Crippen LogP contribution in [0.4, 0.5) is 0 Å². The molecule has 118 valence electrons. The van der Waals surface area contributed by atoms with Crippen molar-refractivity contribution >= 4 is 11.8 Å². The Bertz CT molecular complexity index is 312. The molecule has 0 aromatic heterocycles. The third-order valence-corrected chi connectivity index (χ3v) is 7.06. The molecule has 0 bridgehead atoms. The Labute approximate surface area is 129 Å². The zero-order valence-electron chi connectivity index (χ0n) is 13.7. The van der Waals surface area contributed by atoms with Crippen LogP contribution in [-0.4, -0.2) is 54.3 Å². The van der Waals surface area contributed by atoms with Crippen LogP contribution in [0.1, 0.15) is 46.0 Å². The van der Waals surface area contributed by atoms with Crippen molar-refractivity contribution in [2.75, 3.05) is 32.2 Å². The number of hydrogen-bond donors (Lipinski definition) is 1. The van der Waals surface area contributed by atoms with Crippen LogP contribution in [0.2, 0.25) is 0 Å². The fourth-order valence-corrected chi connectivity index (χ4v) is 5.70. The van der Waals surface area contributed by atoms with Crippen molar-refractivity contribution in [2.24, 2.45) is 11.7 Å². The Balaban J connectivity index is 2.12. The number of likely N-dealkylation sites (N-methyl/N-ethyl adjacent to an activating group) is 1. The molecule has 2 aliphatic rings. The molecule has 4 heteroatoms. The monoisotopic (exact) mass is 300 g/mol. The van der Waals surface area contributed by atoms with Gasteiger partial charge >= 0.3 is 0 Å². The maximum atomic E-state index is 6.80. The van der Waals surface area contributed by atoms with Crippen molar-refractivity contribution in [3.05, 3.63) is 0 Å². The van der Waals surface area contributed by atoms with Gasteiger partial charge in [0.2, 0.25) is 0 Å². The van der Waals surface area contributed by atoms with Crippen LogP contribution in [0.15, 0.2) is 0 Å². The topological polar surface area (TPSA) is 38.5 Å². The highest BCUT2D eigenvalue weighted by atomic mass is 32.2. The number of hydrogen-bond acceptors (Lipinski definition) is 4. The van der Waals surface area contributed by atoms with Crippen molar-refractivity contribution in [1.29, 1.82) is 0 Å². The number of ether oxygens (including phenoxy) is 1. The summed E-state index contributed by atoms with van der Waals surface area (Å²) in [5, 5.41) is 0. The maximum absolute atomic E-state index is 6.80. The molecule has 20 heavy (non-hydrogen) atoms. The fraction of sp³-hybridized carbons (Fsp3) is 1.00. The third kappa shape index (κ3) is 2.90. The highest BCUT2D eigenvalue weighted by molar-refractivity contribution is 7.99. The average Bonchev–Trinajstić information content (AvgIpc) is 2.88. The summed E-state index contributed by atoms with van der Waals surface area (Å²) in [7, 11) is 4.38. The molecule has 0 aromatic carbocycles. The first-order chi connectivity index (χ1) is 9.49. The van der Waals surface area contributed by atoms with Gasteiger partial charge in [-0.15, -0.1) is 0 Å². The zero-order chi connectivity index (χ0) is 14.8. The van der Waals surface area contributed by atoms with E-state index in [9.17, 15) is 0 Å². The lowest BCUT2D eigenvalue weighted by Crippen LogP contribution is -2.61. The van der Waals surface area contributed by atoms with Gasteiger partial charge in [0.05, 0.1) is 5.60 Å². The molecule has 2 heterocycles. The van der Waals surface area contributed by atoms with Crippen LogP contribution in [0.3, 0.4) is 0 Å². The van der Waals surface area contributed by atoms with Gasteiger partial charge in [-0.2, -0.15) is 11.8 Å². The molecule has 2 saturated heterocycles. The largest absolute Gasteiger partial charge is 0.374 e. The van der Waals surface area contributed by atoms with E-state index in [0.717, 1.165) is 32.3 Å². The van der Waals surface area contributed by atoms with E-state index in [2.05, 4.69) is 32.8 Å². The lowest BCUT2D eigenvalue weighted by atomic mass is 9.71. The van der Waals surface area contributed by atoms with Crippen molar-refractivity contribution in [2.45, 2.75) is 63.1 Å². The Kier molecular flexibility index (Phi) is 5.44. The van der Waals surface area contributed by atoms with Gasteiger partial charge in [0.25, 0.3) is 0 Å². The Morgan fingerprint density at radius 2 is 2.10 bits per heavy atom. The predicted molar refractivity (Wildman–Crippen MR) is 88.3 cm³/mol. The summed E-state index contributed by atoms with van der Waals surface area (Å²) >= 11 is 2.04. The molecule has 0 radical (unpaired) electrons. The lowest BCUT2D eigenvalue weighted by molar-refractivity contribution is -0.0931. The summed E-state index contributed by atoms with van der Waals surface area (Å²) in [5.41, 5.74) is 7.07. The summed E-state index contributed by atoms with van der Waals surface area (Å²) in [6.07, 6.45) is 5.75. The zero-order valence-corrected chi connectivity index (χ0v) is 14.5. The molecule has 3 atom stereocenters. The fourth-order valence-electron chi connectivity index (χ4n) is 4.33. The summed E-state index contributed by atoms with van der Waals surface area (Å²) in [6.45, 7) is 5.46. The van der Waals surface area contributed by atoms with Gasteiger partial charge in [0, 0.05) is 23.9 Å². The second kappa shape index (κ2) is 6.55. The Hall–Kier alpha value is 0.230. The van der Waals surface area contributed by atoms with E-state index in [1.165, 1.54) is 17.9 Å². The summed E-state index contributed by atoms with van der Waals surface area (Å²) in [5.74, 6) is 3.02. The van der Waals surface area contributed by atoms with E-state index in [-0.39, 0.29) is 17.2 Å². The van der Waals surface area contributed by atoms with Crippen LogP contribution in [0, 0.1) is 5.92 Å². The first-order valence-corrected chi connectivity index (χ1v) is 9.30. The normalized spacial score (nSPS) is 33.0. The summed E-state index contributed by atoms with van der Waals surface area (Å²) in [4.78, 5) is 2.36. The molecule has 2 aliphatic heterocycles. The highest BCUT2D eigenvalue weighted by Crippen LogP contribution is 2.43. The number of nitrogens with two attached hydrogens (primary N) is 1. The molecule has 2 rings (SSSR count). The van der Waals surface area contributed by atoms with Gasteiger partial charge < -0.3 is 15.4 Å². The predicted octanol–water partition coefficient (Wildman–Crippen LogP) is 2.74. The minimum Gasteiger partial charge on any atom is -0.374 e. The SMILES string of the molecule is CCC(CC)(C(N)C1CCOC2(CCSC2)C1)N(C)C. The molecule has 0 saturated carbocycles. The van der Waals surface area contributed by atoms with Crippen molar-refractivity contribution in [3.63, 3.8) is 0 Å². The van der Waals surface area contributed by atoms with Crippen LogP contribution in [-0.2, 0) is 4.74 Å². The van der Waals surface area contributed by atoms with E-state index < -0.39 is 0 Å². The van der Waals surface area contributed by atoms with Crippen LogP contribution in [0.25, 0.3) is 0 Å². The van der Waals surface area contributed by atoms with Crippen molar-refractivity contribution in [3.8, 4) is 0 Å². The quantitative estimate of drug-likeness (QED) is 0.847. The molecule has 0 aliphatic carbocycles. The molecule has 1 spiro atoms. The molecule has 2 N–H and O–H groups in total. The lowest BCUT2D eigenvalue weighted by Gasteiger charge is -2.49. The van der Waals surface area contributed by atoms with E-state index in [1.54, 1.807) is 0 Å². The summed E-state index contributed by atoms with van der Waals surface area (Å²) < 4.78 is 6.16. The highest BCUT2D eigenvalue weighted by Gasteiger charge is 2.46. The summed E-state index contributed by atoms with van der Waals surface area (Å²) in [6, 6.07) is 0.249. The molecule has 3 nitrogen and oxygen atoms in total. The maximum Gasteiger partial charge on any atom is 0.0783 e. The van der Waals surface area contributed by atoms with E-state index in [0.29, 0.717) is 5.92 Å².